The first-order chi connectivity index (χ1) is 15.3. The standard InChI is InChI=1S/C25H23BrFNO4/c1-3-10-32-23-9-6-16(17-5-4-15(2)21(12-17)25(30)31)11-18(23)14-28-24(29)20-8-7-19(26)13-22(20)27/h4-9,11-13H,3,10,14H2,1-2H3,(H,28,29)(H,30,31). The quantitative estimate of drug-likeness (QED) is 0.399. The van der Waals surface area contributed by atoms with Crippen LogP contribution in [0.15, 0.2) is 59.1 Å². The number of nitrogens with one attached hydrogen (secondary N) is 1. The first kappa shape index (κ1) is 23.5. The van der Waals surface area contributed by atoms with Gasteiger partial charge in [0.15, 0.2) is 0 Å². The molecule has 0 aromatic heterocycles. The van der Waals surface area contributed by atoms with Crippen molar-refractivity contribution in [1.82, 2.24) is 5.32 Å². The third-order valence-corrected chi connectivity index (χ3v) is 5.43. The molecule has 3 rings (SSSR count). The van der Waals surface area contributed by atoms with Gasteiger partial charge in [0, 0.05) is 16.6 Å². The minimum atomic E-state index is -0.990. The summed E-state index contributed by atoms with van der Waals surface area (Å²) in [6.07, 6.45) is 0.817. The molecule has 0 bridgehead atoms. The van der Waals surface area contributed by atoms with Crippen LogP contribution in [-0.2, 0) is 6.54 Å². The van der Waals surface area contributed by atoms with Crippen LogP contribution in [-0.4, -0.2) is 23.6 Å². The highest BCUT2D eigenvalue weighted by Gasteiger charge is 2.15. The van der Waals surface area contributed by atoms with Crippen LogP contribution >= 0.6 is 15.9 Å². The van der Waals surface area contributed by atoms with Gasteiger partial charge in [-0.25, -0.2) is 9.18 Å². The Bertz CT molecular complexity index is 1160. The maximum atomic E-state index is 14.1. The molecule has 0 saturated carbocycles. The molecule has 0 aliphatic carbocycles. The highest BCUT2D eigenvalue weighted by atomic mass is 79.9. The van der Waals surface area contributed by atoms with Crippen molar-refractivity contribution in [1.29, 1.82) is 0 Å². The van der Waals surface area contributed by atoms with E-state index in [2.05, 4.69) is 21.2 Å². The predicted octanol–water partition coefficient (Wildman–Crippen LogP) is 5.98. The number of ether oxygens (including phenoxy) is 1. The van der Waals surface area contributed by atoms with Crippen LogP contribution in [0.4, 0.5) is 4.39 Å². The molecule has 3 aromatic carbocycles. The molecule has 0 fully saturated rings. The maximum absolute atomic E-state index is 14.1. The van der Waals surface area contributed by atoms with Crippen LogP contribution < -0.4 is 10.1 Å². The lowest BCUT2D eigenvalue weighted by Gasteiger charge is -2.15. The smallest absolute Gasteiger partial charge is 0.335 e. The monoisotopic (exact) mass is 499 g/mol. The number of hydrogen-bond donors (Lipinski definition) is 2. The summed E-state index contributed by atoms with van der Waals surface area (Å²) in [6.45, 7) is 4.37. The summed E-state index contributed by atoms with van der Waals surface area (Å²) < 4.78 is 20.5. The topological polar surface area (TPSA) is 75.6 Å². The van der Waals surface area contributed by atoms with Gasteiger partial charge < -0.3 is 15.2 Å². The minimum Gasteiger partial charge on any atom is -0.493 e. The van der Waals surface area contributed by atoms with Crippen molar-refractivity contribution < 1.29 is 23.8 Å². The molecule has 0 heterocycles. The van der Waals surface area contributed by atoms with Gasteiger partial charge >= 0.3 is 5.97 Å². The molecule has 0 unspecified atom stereocenters. The Morgan fingerprint density at radius 3 is 2.44 bits per heavy atom. The fraction of sp³-hybridized carbons (Fsp3) is 0.200. The van der Waals surface area contributed by atoms with E-state index in [0.29, 0.717) is 28.0 Å². The molecule has 0 radical (unpaired) electrons. The predicted molar refractivity (Wildman–Crippen MR) is 125 cm³/mol. The van der Waals surface area contributed by atoms with Gasteiger partial charge in [-0.3, -0.25) is 4.79 Å². The van der Waals surface area contributed by atoms with Crippen LogP contribution in [0.3, 0.4) is 0 Å². The Kier molecular flexibility index (Phi) is 7.64. The molecule has 5 nitrogen and oxygen atoms in total. The average Bonchev–Trinajstić information content (AvgIpc) is 2.76. The van der Waals surface area contributed by atoms with E-state index in [1.165, 1.54) is 12.1 Å². The SMILES string of the molecule is CCCOc1ccc(-c2ccc(C)c(C(=O)O)c2)cc1CNC(=O)c1ccc(Br)cc1F. The highest BCUT2D eigenvalue weighted by Crippen LogP contribution is 2.29. The number of aromatic carboxylic acids is 1. The van der Waals surface area contributed by atoms with Crippen LogP contribution in [0.5, 0.6) is 5.75 Å². The largest absolute Gasteiger partial charge is 0.493 e. The van der Waals surface area contributed by atoms with Crippen molar-refractivity contribution in [3.8, 4) is 16.9 Å². The lowest BCUT2D eigenvalue weighted by molar-refractivity contribution is 0.0696. The van der Waals surface area contributed by atoms with Gasteiger partial charge in [0.05, 0.1) is 17.7 Å². The van der Waals surface area contributed by atoms with Gasteiger partial charge in [-0.1, -0.05) is 41.1 Å². The third kappa shape index (κ3) is 5.53. The average molecular weight is 500 g/mol. The summed E-state index contributed by atoms with van der Waals surface area (Å²) in [6, 6.07) is 15.0. The zero-order valence-electron chi connectivity index (χ0n) is 17.7. The zero-order chi connectivity index (χ0) is 23.3. The van der Waals surface area contributed by atoms with Crippen LogP contribution in [0.2, 0.25) is 0 Å². The lowest BCUT2D eigenvalue weighted by atomic mass is 9.98. The fourth-order valence-electron chi connectivity index (χ4n) is 3.23. The molecule has 3 aromatic rings. The lowest BCUT2D eigenvalue weighted by Crippen LogP contribution is -2.24. The summed E-state index contributed by atoms with van der Waals surface area (Å²) in [7, 11) is 0. The number of halogens is 2. The van der Waals surface area contributed by atoms with Crippen molar-refractivity contribution in [3.63, 3.8) is 0 Å². The van der Waals surface area contributed by atoms with E-state index in [4.69, 9.17) is 4.74 Å². The molecule has 7 heteroatoms. The zero-order valence-corrected chi connectivity index (χ0v) is 19.3. The Balaban J connectivity index is 1.90. The van der Waals surface area contributed by atoms with Gasteiger partial charge in [0.25, 0.3) is 5.91 Å². The second-order valence-electron chi connectivity index (χ2n) is 7.31. The number of amides is 1. The number of carboxylic acid groups (broad SMARTS) is 1. The number of hydrogen-bond acceptors (Lipinski definition) is 3. The Labute approximate surface area is 194 Å². The second kappa shape index (κ2) is 10.4. The summed E-state index contributed by atoms with van der Waals surface area (Å²) in [5, 5.41) is 12.2. The number of aryl methyl sites for hydroxylation is 1. The Morgan fingerprint density at radius 2 is 1.75 bits per heavy atom. The molecular formula is C25H23BrFNO4. The van der Waals surface area contributed by atoms with Crippen LogP contribution in [0, 0.1) is 12.7 Å². The van der Waals surface area contributed by atoms with E-state index < -0.39 is 17.7 Å². The van der Waals surface area contributed by atoms with Gasteiger partial charge in [-0.05, 0) is 66.4 Å². The summed E-state index contributed by atoms with van der Waals surface area (Å²) in [5.74, 6) is -1.53. The fourth-order valence-corrected chi connectivity index (χ4v) is 3.56. The molecular weight excluding hydrogens is 477 g/mol. The molecule has 2 N–H and O–H groups in total. The number of carbonyl (C=O) groups is 2. The third-order valence-electron chi connectivity index (χ3n) is 4.94. The van der Waals surface area contributed by atoms with Gasteiger partial charge in [0.2, 0.25) is 0 Å². The summed E-state index contributed by atoms with van der Waals surface area (Å²) in [4.78, 5) is 24.0. The van der Waals surface area contributed by atoms with E-state index in [0.717, 1.165) is 17.5 Å². The van der Waals surface area contributed by atoms with E-state index in [1.807, 2.05) is 25.1 Å². The maximum Gasteiger partial charge on any atom is 0.335 e. The Morgan fingerprint density at radius 1 is 1.03 bits per heavy atom. The summed E-state index contributed by atoms with van der Waals surface area (Å²) >= 11 is 3.18. The van der Waals surface area contributed by atoms with Crippen LogP contribution in [0.1, 0.15) is 45.2 Å². The van der Waals surface area contributed by atoms with Crippen molar-refractivity contribution in [2.45, 2.75) is 26.8 Å². The van der Waals surface area contributed by atoms with E-state index in [9.17, 15) is 19.1 Å². The molecule has 0 aliphatic rings. The first-order valence-corrected chi connectivity index (χ1v) is 10.9. The number of carbonyl (C=O) groups excluding carboxylic acids is 1. The van der Waals surface area contributed by atoms with E-state index in [-0.39, 0.29) is 17.7 Å². The molecule has 0 aliphatic heterocycles. The molecule has 1 amide bonds. The molecule has 0 atom stereocenters. The number of rotatable bonds is 8. The van der Waals surface area contributed by atoms with Crippen molar-refractivity contribution >= 4 is 27.8 Å². The number of benzene rings is 3. The molecule has 0 saturated heterocycles. The number of carboxylic acids is 1. The van der Waals surface area contributed by atoms with E-state index >= 15 is 0 Å². The molecule has 0 spiro atoms. The van der Waals surface area contributed by atoms with Gasteiger partial charge in [-0.15, -0.1) is 0 Å². The van der Waals surface area contributed by atoms with Gasteiger partial charge in [0.1, 0.15) is 11.6 Å². The van der Waals surface area contributed by atoms with Gasteiger partial charge in [-0.2, -0.15) is 0 Å². The molecule has 166 valence electrons. The van der Waals surface area contributed by atoms with Crippen molar-refractivity contribution in [2.24, 2.45) is 0 Å². The van der Waals surface area contributed by atoms with Crippen molar-refractivity contribution in [2.75, 3.05) is 6.61 Å². The minimum absolute atomic E-state index is 0.0509. The highest BCUT2D eigenvalue weighted by molar-refractivity contribution is 9.10. The Hall–Kier alpha value is -3.19. The van der Waals surface area contributed by atoms with Crippen molar-refractivity contribution in [3.05, 3.63) is 87.1 Å². The first-order valence-electron chi connectivity index (χ1n) is 10.1. The van der Waals surface area contributed by atoms with Crippen LogP contribution in [0.25, 0.3) is 11.1 Å². The summed E-state index contributed by atoms with van der Waals surface area (Å²) in [5.41, 5.74) is 3.09. The second-order valence-corrected chi connectivity index (χ2v) is 8.23. The normalized spacial score (nSPS) is 10.6. The molecule has 32 heavy (non-hydrogen) atoms. The van der Waals surface area contributed by atoms with E-state index in [1.54, 1.807) is 31.2 Å².